The summed E-state index contributed by atoms with van der Waals surface area (Å²) in [6.07, 6.45) is 2.77. The molecule has 1 aliphatic rings. The fraction of sp³-hybridized carbons (Fsp3) is 0.375. The second kappa shape index (κ2) is 12.7. The minimum absolute atomic E-state index is 0.0608. The van der Waals surface area contributed by atoms with E-state index in [0.29, 0.717) is 19.7 Å². The molecule has 39 heavy (non-hydrogen) atoms. The van der Waals surface area contributed by atoms with Gasteiger partial charge < -0.3 is 25.0 Å². The zero-order chi connectivity index (χ0) is 27.8. The molecule has 0 saturated carbocycles. The number of aromatic nitrogens is 1. The highest BCUT2D eigenvalue weighted by atomic mass is 16.6. The Hall–Kier alpha value is -4.00. The Morgan fingerprint density at radius 2 is 1.79 bits per heavy atom. The van der Waals surface area contributed by atoms with Gasteiger partial charge in [0.2, 0.25) is 0 Å². The van der Waals surface area contributed by atoms with Crippen LogP contribution in [-0.2, 0) is 11.3 Å². The van der Waals surface area contributed by atoms with Gasteiger partial charge in [-0.05, 0) is 94.0 Å². The maximum atomic E-state index is 12.7. The summed E-state index contributed by atoms with van der Waals surface area (Å²) in [6, 6.07) is 22.0. The predicted octanol–water partition coefficient (Wildman–Crippen LogP) is 7.25. The van der Waals surface area contributed by atoms with E-state index in [9.17, 15) is 4.79 Å². The molecule has 0 bridgehead atoms. The van der Waals surface area contributed by atoms with Crippen LogP contribution in [0.2, 0.25) is 0 Å². The highest BCUT2D eigenvalue weighted by Crippen LogP contribution is 2.24. The SMILES string of the molecule is C=C(Nc1nc(NCC2CCCCN2C(=O)OC(C)(C)C)ccc1C)c1ccc(OCc2ccccc2)cc1. The highest BCUT2D eigenvalue weighted by molar-refractivity contribution is 5.75. The van der Waals surface area contributed by atoms with Gasteiger partial charge in [-0.3, -0.25) is 0 Å². The van der Waals surface area contributed by atoms with Crippen LogP contribution in [0.4, 0.5) is 16.4 Å². The molecule has 7 nitrogen and oxygen atoms in total. The van der Waals surface area contributed by atoms with Gasteiger partial charge in [-0.15, -0.1) is 0 Å². The van der Waals surface area contributed by atoms with Crippen LogP contribution in [0, 0.1) is 6.92 Å². The molecular formula is C32H40N4O3. The van der Waals surface area contributed by atoms with E-state index in [1.807, 2.05) is 99.3 Å². The highest BCUT2D eigenvalue weighted by Gasteiger charge is 2.30. The van der Waals surface area contributed by atoms with E-state index in [4.69, 9.17) is 14.5 Å². The number of likely N-dealkylation sites (tertiary alicyclic amines) is 1. The van der Waals surface area contributed by atoms with Crippen molar-refractivity contribution in [3.63, 3.8) is 0 Å². The maximum absolute atomic E-state index is 12.7. The van der Waals surface area contributed by atoms with E-state index in [0.717, 1.165) is 59.0 Å². The van der Waals surface area contributed by atoms with Crippen LogP contribution in [0.3, 0.4) is 0 Å². The quantitative estimate of drug-likeness (QED) is 0.305. The van der Waals surface area contributed by atoms with E-state index in [2.05, 4.69) is 17.2 Å². The Morgan fingerprint density at radius 3 is 2.51 bits per heavy atom. The first-order chi connectivity index (χ1) is 18.7. The largest absolute Gasteiger partial charge is 0.489 e. The third-order valence-corrected chi connectivity index (χ3v) is 6.59. The van der Waals surface area contributed by atoms with Gasteiger partial charge in [-0.1, -0.05) is 43.0 Å². The number of rotatable bonds is 9. The van der Waals surface area contributed by atoms with E-state index in [1.54, 1.807) is 0 Å². The van der Waals surface area contributed by atoms with Crippen molar-refractivity contribution in [2.45, 2.75) is 65.2 Å². The van der Waals surface area contributed by atoms with Gasteiger partial charge in [0.25, 0.3) is 0 Å². The molecule has 1 unspecified atom stereocenters. The van der Waals surface area contributed by atoms with Gasteiger partial charge in [0, 0.05) is 18.8 Å². The van der Waals surface area contributed by atoms with Gasteiger partial charge in [0.15, 0.2) is 0 Å². The van der Waals surface area contributed by atoms with E-state index < -0.39 is 5.60 Å². The first-order valence-electron chi connectivity index (χ1n) is 13.6. The summed E-state index contributed by atoms with van der Waals surface area (Å²) in [5.41, 5.74) is 3.34. The van der Waals surface area contributed by atoms with Crippen molar-refractivity contribution in [2.24, 2.45) is 0 Å². The Morgan fingerprint density at radius 1 is 1.05 bits per heavy atom. The zero-order valence-corrected chi connectivity index (χ0v) is 23.5. The number of anilines is 2. The van der Waals surface area contributed by atoms with Crippen LogP contribution in [0.15, 0.2) is 73.3 Å². The second-order valence-corrected chi connectivity index (χ2v) is 11.0. The summed E-state index contributed by atoms with van der Waals surface area (Å²) in [7, 11) is 0. The minimum Gasteiger partial charge on any atom is -0.489 e. The lowest BCUT2D eigenvalue weighted by molar-refractivity contribution is 0.0114. The number of hydrogen-bond donors (Lipinski definition) is 2. The van der Waals surface area contributed by atoms with Crippen LogP contribution < -0.4 is 15.4 Å². The fourth-order valence-corrected chi connectivity index (χ4v) is 4.46. The minimum atomic E-state index is -0.510. The van der Waals surface area contributed by atoms with Crippen LogP contribution in [-0.4, -0.2) is 40.7 Å². The number of piperidine rings is 1. The van der Waals surface area contributed by atoms with Crippen molar-refractivity contribution in [1.29, 1.82) is 0 Å². The van der Waals surface area contributed by atoms with Crippen molar-refractivity contribution < 1.29 is 14.3 Å². The zero-order valence-electron chi connectivity index (χ0n) is 23.5. The van der Waals surface area contributed by atoms with Crippen molar-refractivity contribution >= 4 is 23.4 Å². The number of nitrogens with zero attached hydrogens (tertiary/aromatic N) is 2. The third-order valence-electron chi connectivity index (χ3n) is 6.59. The molecule has 1 amide bonds. The lowest BCUT2D eigenvalue weighted by atomic mass is 10.0. The topological polar surface area (TPSA) is 75.7 Å². The van der Waals surface area contributed by atoms with E-state index >= 15 is 0 Å². The van der Waals surface area contributed by atoms with Crippen molar-refractivity contribution in [3.05, 3.63) is 90.0 Å². The Labute approximate surface area is 232 Å². The Balaban J connectivity index is 1.34. The monoisotopic (exact) mass is 528 g/mol. The van der Waals surface area contributed by atoms with E-state index in [-0.39, 0.29) is 12.1 Å². The number of carbonyl (C=O) groups excluding carboxylic acids is 1. The fourth-order valence-electron chi connectivity index (χ4n) is 4.46. The van der Waals surface area contributed by atoms with Crippen LogP contribution >= 0.6 is 0 Å². The summed E-state index contributed by atoms with van der Waals surface area (Å²) in [5.74, 6) is 2.29. The van der Waals surface area contributed by atoms with Gasteiger partial charge in [0.05, 0.1) is 6.04 Å². The van der Waals surface area contributed by atoms with Crippen LogP contribution in [0.1, 0.15) is 56.7 Å². The average Bonchev–Trinajstić information content (AvgIpc) is 2.92. The normalized spacial score (nSPS) is 15.4. The summed E-state index contributed by atoms with van der Waals surface area (Å²) in [4.78, 5) is 19.4. The lowest BCUT2D eigenvalue weighted by Crippen LogP contribution is -2.48. The van der Waals surface area contributed by atoms with Crippen molar-refractivity contribution in [1.82, 2.24) is 9.88 Å². The molecule has 0 radical (unpaired) electrons. The van der Waals surface area contributed by atoms with E-state index in [1.165, 1.54) is 0 Å². The lowest BCUT2D eigenvalue weighted by Gasteiger charge is -2.36. The number of amides is 1. The molecule has 0 aliphatic carbocycles. The smallest absolute Gasteiger partial charge is 0.410 e. The van der Waals surface area contributed by atoms with Gasteiger partial charge in [-0.2, -0.15) is 0 Å². The Bertz CT molecular complexity index is 1250. The maximum Gasteiger partial charge on any atom is 0.410 e. The van der Waals surface area contributed by atoms with Gasteiger partial charge >= 0.3 is 6.09 Å². The number of benzene rings is 2. The Kier molecular flexibility index (Phi) is 9.12. The molecule has 1 aliphatic heterocycles. The summed E-state index contributed by atoms with van der Waals surface area (Å²) in [6.45, 7) is 13.8. The average molecular weight is 529 g/mol. The number of pyridine rings is 1. The molecule has 1 atom stereocenters. The van der Waals surface area contributed by atoms with Gasteiger partial charge in [-0.25, -0.2) is 9.78 Å². The molecule has 0 spiro atoms. The molecule has 7 heteroatoms. The molecule has 206 valence electrons. The third kappa shape index (κ3) is 8.24. The molecule has 2 aromatic carbocycles. The van der Waals surface area contributed by atoms with Gasteiger partial charge in [0.1, 0.15) is 29.6 Å². The number of aryl methyl sites for hydroxylation is 1. The predicted molar refractivity (Wildman–Crippen MR) is 158 cm³/mol. The molecule has 4 rings (SSSR count). The standard InChI is InChI=1S/C32H40N4O3/c1-23-14-19-29(33-21-27-13-9-10-20-36(27)31(37)39-32(3,4)5)35-30(23)34-24(2)26-15-17-28(18-16-26)38-22-25-11-7-6-8-12-25/h6-8,11-12,14-19,27H,2,9-10,13,20-22H2,1,3-5H3,(H2,33,34,35). The molecule has 1 aromatic heterocycles. The second-order valence-electron chi connectivity index (χ2n) is 11.0. The van der Waals surface area contributed by atoms with Crippen molar-refractivity contribution in [3.8, 4) is 5.75 Å². The number of hydrogen-bond acceptors (Lipinski definition) is 6. The first-order valence-corrected chi connectivity index (χ1v) is 13.6. The molecule has 3 aromatic rings. The summed E-state index contributed by atoms with van der Waals surface area (Å²) >= 11 is 0. The summed E-state index contributed by atoms with van der Waals surface area (Å²) in [5, 5.41) is 6.79. The number of ether oxygens (including phenoxy) is 2. The molecule has 2 heterocycles. The molecule has 2 N–H and O–H groups in total. The summed E-state index contributed by atoms with van der Waals surface area (Å²) < 4.78 is 11.5. The molecular weight excluding hydrogens is 488 g/mol. The number of carbonyl (C=O) groups is 1. The van der Waals surface area contributed by atoms with Crippen molar-refractivity contribution in [2.75, 3.05) is 23.7 Å². The van der Waals surface area contributed by atoms with Crippen LogP contribution in [0.25, 0.3) is 5.70 Å². The molecule has 1 fully saturated rings. The van der Waals surface area contributed by atoms with Crippen LogP contribution in [0.5, 0.6) is 5.75 Å². The number of nitrogens with one attached hydrogen (secondary N) is 2. The first kappa shape index (κ1) is 28.0. The molecule has 1 saturated heterocycles.